The zero-order valence-corrected chi connectivity index (χ0v) is 18.1. The zero-order valence-electron chi connectivity index (χ0n) is 18.1. The third-order valence-corrected chi connectivity index (χ3v) is 6.65. The summed E-state index contributed by atoms with van der Waals surface area (Å²) >= 11 is 0. The van der Waals surface area contributed by atoms with E-state index in [4.69, 9.17) is 9.15 Å². The summed E-state index contributed by atoms with van der Waals surface area (Å²) in [6.45, 7) is -1.49. The highest BCUT2D eigenvalue weighted by atomic mass is 19.4. The van der Waals surface area contributed by atoms with Crippen LogP contribution in [-0.4, -0.2) is 62.8 Å². The van der Waals surface area contributed by atoms with E-state index in [-0.39, 0.29) is 48.8 Å². The van der Waals surface area contributed by atoms with Crippen LogP contribution in [0, 0.1) is 5.92 Å². The number of nitrogens with zero attached hydrogens (tertiary/aromatic N) is 4. The molecule has 1 atom stereocenters. The lowest BCUT2D eigenvalue weighted by Gasteiger charge is -2.39. The number of alkyl halides is 6. The Hall–Kier alpha value is -2.68. The van der Waals surface area contributed by atoms with Gasteiger partial charge >= 0.3 is 12.5 Å². The molecule has 0 radical (unpaired) electrons. The molecular formula is C20H21F6N5O4. The molecule has 4 fully saturated rings. The van der Waals surface area contributed by atoms with Gasteiger partial charge in [-0.15, -0.1) is 23.4 Å². The highest BCUT2D eigenvalue weighted by Gasteiger charge is 2.58. The monoisotopic (exact) mass is 509 g/mol. The first-order valence-corrected chi connectivity index (χ1v) is 11.0. The van der Waals surface area contributed by atoms with Crippen molar-refractivity contribution in [2.24, 2.45) is 5.92 Å². The highest BCUT2D eigenvalue weighted by Crippen LogP contribution is 2.59. The van der Waals surface area contributed by atoms with Gasteiger partial charge < -0.3 is 14.5 Å². The number of amides is 1. The van der Waals surface area contributed by atoms with Crippen molar-refractivity contribution in [2.45, 2.75) is 74.9 Å². The minimum absolute atomic E-state index is 0.0183. The van der Waals surface area contributed by atoms with Gasteiger partial charge in [0, 0.05) is 30.5 Å². The lowest BCUT2D eigenvalue weighted by atomic mass is 9.76. The minimum Gasteiger partial charge on any atom is -0.419 e. The molecule has 15 heteroatoms. The summed E-state index contributed by atoms with van der Waals surface area (Å²) in [5.41, 5.74) is -0.308. The molecule has 2 aromatic heterocycles. The third-order valence-electron chi connectivity index (χ3n) is 6.65. The van der Waals surface area contributed by atoms with Gasteiger partial charge in [0.25, 0.3) is 5.89 Å². The highest BCUT2D eigenvalue weighted by molar-refractivity contribution is 5.78. The number of aromatic nitrogens is 4. The van der Waals surface area contributed by atoms with Gasteiger partial charge in [0.1, 0.15) is 18.8 Å². The zero-order chi connectivity index (χ0) is 25.0. The van der Waals surface area contributed by atoms with Crippen molar-refractivity contribution < 1.29 is 45.0 Å². The van der Waals surface area contributed by atoms with Crippen molar-refractivity contribution >= 4 is 5.91 Å². The molecule has 35 heavy (non-hydrogen) atoms. The molecule has 192 valence electrons. The van der Waals surface area contributed by atoms with Crippen molar-refractivity contribution in [2.75, 3.05) is 6.61 Å². The third kappa shape index (κ3) is 5.44. The maximum Gasteiger partial charge on any atom is 0.522 e. The molecule has 9 nitrogen and oxygen atoms in total. The Morgan fingerprint density at radius 1 is 1.14 bits per heavy atom. The van der Waals surface area contributed by atoms with Gasteiger partial charge in [-0.1, -0.05) is 0 Å². The molecule has 0 spiro atoms. The normalized spacial score (nSPS) is 30.1. The molecular weight excluding hydrogens is 488 g/mol. The van der Waals surface area contributed by atoms with Gasteiger partial charge in [0.05, 0.1) is 12.2 Å². The average Bonchev–Trinajstić information content (AvgIpc) is 3.42. The average molecular weight is 509 g/mol. The van der Waals surface area contributed by atoms with Crippen LogP contribution in [0.1, 0.15) is 43.9 Å². The molecule has 1 unspecified atom stereocenters. The molecule has 6 rings (SSSR count). The SMILES string of the molecule is O=C(COC1CC(OC(F)(F)F)C1)NC12CC(C1)C(c1nnc(-c3ccn(CC(F)(F)F)n3)o1)C2. The molecule has 2 bridgehead atoms. The topological polar surface area (TPSA) is 104 Å². The number of halogens is 6. The number of rotatable bonds is 8. The Morgan fingerprint density at radius 3 is 2.57 bits per heavy atom. The van der Waals surface area contributed by atoms with Gasteiger partial charge in [-0.2, -0.15) is 18.3 Å². The number of hydrogen-bond acceptors (Lipinski definition) is 7. The summed E-state index contributed by atoms with van der Waals surface area (Å²) in [5, 5.41) is 14.7. The maximum atomic E-state index is 12.5. The van der Waals surface area contributed by atoms with Gasteiger partial charge in [-0.25, -0.2) is 0 Å². The molecule has 2 heterocycles. The van der Waals surface area contributed by atoms with Crippen molar-refractivity contribution in [3.63, 3.8) is 0 Å². The summed E-state index contributed by atoms with van der Waals surface area (Å²) in [6.07, 6.45) is -7.18. The number of carbonyl (C=O) groups is 1. The lowest BCUT2D eigenvalue weighted by molar-refractivity contribution is -0.357. The Kier molecular flexibility index (Phi) is 5.81. The molecule has 1 amide bonds. The van der Waals surface area contributed by atoms with Crippen molar-refractivity contribution in [3.05, 3.63) is 18.2 Å². The predicted molar refractivity (Wildman–Crippen MR) is 102 cm³/mol. The molecule has 4 saturated carbocycles. The van der Waals surface area contributed by atoms with Crippen molar-refractivity contribution in [1.29, 1.82) is 0 Å². The molecule has 0 aliphatic heterocycles. The van der Waals surface area contributed by atoms with E-state index >= 15 is 0 Å². The molecule has 4 aliphatic rings. The largest absolute Gasteiger partial charge is 0.522 e. The number of carbonyl (C=O) groups excluding carboxylic acids is 1. The number of hydrogen-bond donors (Lipinski definition) is 1. The van der Waals surface area contributed by atoms with Crippen LogP contribution in [-0.2, 0) is 20.8 Å². The Balaban J connectivity index is 1.09. The lowest BCUT2D eigenvalue weighted by Crippen LogP contribution is -2.53. The van der Waals surface area contributed by atoms with E-state index in [0.29, 0.717) is 25.2 Å². The van der Waals surface area contributed by atoms with E-state index < -0.39 is 36.8 Å². The maximum absolute atomic E-state index is 12.5. The summed E-state index contributed by atoms with van der Waals surface area (Å²) in [5.74, 6) is 0.0989. The summed E-state index contributed by atoms with van der Waals surface area (Å²) in [6, 6.07) is 1.36. The summed E-state index contributed by atoms with van der Waals surface area (Å²) in [4.78, 5) is 12.3. The fourth-order valence-electron chi connectivity index (χ4n) is 5.12. The van der Waals surface area contributed by atoms with Crippen molar-refractivity contribution in [3.8, 4) is 11.6 Å². The first-order chi connectivity index (χ1) is 16.4. The summed E-state index contributed by atoms with van der Waals surface area (Å²) < 4.78 is 89.7. The predicted octanol–water partition coefficient (Wildman–Crippen LogP) is 3.33. The number of fused-ring (bicyclic) bond motifs is 1. The molecule has 1 N–H and O–H groups in total. The van der Waals surface area contributed by atoms with E-state index in [0.717, 1.165) is 4.68 Å². The van der Waals surface area contributed by atoms with Crippen LogP contribution in [0.3, 0.4) is 0 Å². The molecule has 2 aromatic rings. The second-order valence-corrected chi connectivity index (χ2v) is 9.36. The first kappa shape index (κ1) is 24.0. The van der Waals surface area contributed by atoms with Gasteiger partial charge in [-0.3, -0.25) is 14.2 Å². The van der Waals surface area contributed by atoms with E-state index in [1.807, 2.05) is 0 Å². The van der Waals surface area contributed by atoms with Crippen LogP contribution < -0.4 is 5.32 Å². The summed E-state index contributed by atoms with van der Waals surface area (Å²) in [7, 11) is 0. The van der Waals surface area contributed by atoms with Crippen LogP contribution in [0.4, 0.5) is 26.3 Å². The number of ether oxygens (including phenoxy) is 2. The Morgan fingerprint density at radius 2 is 1.89 bits per heavy atom. The van der Waals surface area contributed by atoms with E-state index in [1.165, 1.54) is 12.3 Å². The number of nitrogens with one attached hydrogen (secondary N) is 1. The molecule has 4 aliphatic carbocycles. The van der Waals surface area contributed by atoms with E-state index in [1.54, 1.807) is 0 Å². The first-order valence-electron chi connectivity index (χ1n) is 11.0. The standard InChI is InChI=1S/C20H21F6N5O4/c21-19(22,23)9-31-2-1-14(30-31)17-29-28-16(34-17)13-7-18(5-10(13)6-18)27-15(32)8-33-11-3-12(4-11)35-20(24,25)26/h1-2,10-13H,3-9H2,(H,27,32). The van der Waals surface area contributed by atoms with E-state index in [9.17, 15) is 31.1 Å². The quantitative estimate of drug-likeness (QED) is 0.545. The minimum atomic E-state index is -4.68. The fourth-order valence-corrected chi connectivity index (χ4v) is 5.12. The van der Waals surface area contributed by atoms with Gasteiger partial charge in [-0.05, 0) is 31.2 Å². The van der Waals surface area contributed by atoms with Crippen LogP contribution in [0.5, 0.6) is 0 Å². The second kappa shape index (κ2) is 8.47. The fraction of sp³-hybridized carbons (Fsp3) is 0.700. The van der Waals surface area contributed by atoms with Gasteiger partial charge in [0.15, 0.2) is 0 Å². The molecule has 0 saturated heterocycles. The van der Waals surface area contributed by atoms with Crippen LogP contribution in [0.15, 0.2) is 16.7 Å². The Bertz CT molecular complexity index is 1070. The second-order valence-electron chi connectivity index (χ2n) is 9.36. The van der Waals surface area contributed by atoms with Crippen LogP contribution in [0.2, 0.25) is 0 Å². The van der Waals surface area contributed by atoms with E-state index in [2.05, 4.69) is 25.3 Å². The Labute approximate surface area is 194 Å². The van der Waals surface area contributed by atoms with Crippen LogP contribution >= 0.6 is 0 Å². The smallest absolute Gasteiger partial charge is 0.419 e. The van der Waals surface area contributed by atoms with Gasteiger partial charge in [0.2, 0.25) is 11.8 Å². The van der Waals surface area contributed by atoms with Crippen LogP contribution in [0.25, 0.3) is 11.6 Å². The van der Waals surface area contributed by atoms with Crippen molar-refractivity contribution in [1.82, 2.24) is 25.3 Å². The molecule has 0 aromatic carbocycles.